The van der Waals surface area contributed by atoms with E-state index in [-0.39, 0.29) is 9.45 Å². The van der Waals surface area contributed by atoms with Gasteiger partial charge in [0, 0.05) is 11.5 Å². The molecule has 0 bridgehead atoms. The van der Waals surface area contributed by atoms with Crippen molar-refractivity contribution in [3.63, 3.8) is 0 Å². The zero-order valence-electron chi connectivity index (χ0n) is 4.76. The molecule has 0 atom stereocenters. The molecule has 0 spiro atoms. The molecule has 0 aromatic rings. The Morgan fingerprint density at radius 2 is 1.75 bits per heavy atom. The van der Waals surface area contributed by atoms with Crippen LogP contribution in [0.4, 0.5) is 0 Å². The van der Waals surface area contributed by atoms with Crippen molar-refractivity contribution in [2.24, 2.45) is 0 Å². The van der Waals surface area contributed by atoms with Gasteiger partial charge in [-0.3, -0.25) is 0 Å². The van der Waals surface area contributed by atoms with Crippen LogP contribution in [0.15, 0.2) is 0 Å². The highest BCUT2D eigenvalue weighted by Crippen LogP contribution is 2.06. The van der Waals surface area contributed by atoms with Crippen LogP contribution in [0, 0.1) is 0 Å². The summed E-state index contributed by atoms with van der Waals surface area (Å²) in [6, 6.07) is 0. The average Bonchev–Trinajstić information content (AvgIpc) is 1.90. The zero-order chi connectivity index (χ0) is 5.82. The summed E-state index contributed by atoms with van der Waals surface area (Å²) >= 11 is 0. The van der Waals surface area contributed by atoms with Crippen LogP contribution < -0.4 is 0 Å². The summed E-state index contributed by atoms with van der Waals surface area (Å²) in [4.78, 5) is 0. The maximum absolute atomic E-state index is 10.2. The van der Waals surface area contributed by atoms with Crippen LogP contribution in [0.1, 0.15) is 19.3 Å². The van der Waals surface area contributed by atoms with Gasteiger partial charge in [0.05, 0.1) is 0 Å². The van der Waals surface area contributed by atoms with E-state index in [4.69, 9.17) is 0 Å². The zero-order valence-corrected chi connectivity index (χ0v) is 6.39. The van der Waals surface area contributed by atoms with Crippen LogP contribution in [0.2, 0.25) is 0 Å². The third kappa shape index (κ3) is 1.71. The molecule has 0 aromatic carbocycles. The Kier molecular flexibility index (Phi) is 2.76. The Morgan fingerprint density at radius 3 is 2.12 bits per heavy atom. The summed E-state index contributed by atoms with van der Waals surface area (Å²) in [6.07, 6.45) is 3.93. The van der Waals surface area contributed by atoms with Crippen molar-refractivity contribution in [1.29, 1.82) is 0 Å². The SMILES string of the molecule is O=S=S1CCCCC1. The lowest BCUT2D eigenvalue weighted by molar-refractivity contribution is 0.701. The van der Waals surface area contributed by atoms with Crippen LogP contribution in [-0.4, -0.2) is 15.7 Å². The highest BCUT2D eigenvalue weighted by Gasteiger charge is 2.02. The molecular formula is C5H10OS2. The average molecular weight is 150 g/mol. The minimum Gasteiger partial charge on any atom is -0.205 e. The minimum absolute atomic E-state index is 0.209. The first-order chi connectivity index (χ1) is 3.93. The molecule has 3 heteroatoms. The molecule has 1 aliphatic heterocycles. The summed E-state index contributed by atoms with van der Waals surface area (Å²) in [6.45, 7) is 0. The fourth-order valence-electron chi connectivity index (χ4n) is 0.873. The van der Waals surface area contributed by atoms with Gasteiger partial charge in [-0.25, -0.2) is 4.21 Å². The molecule has 1 fully saturated rings. The van der Waals surface area contributed by atoms with Crippen LogP contribution in [0.3, 0.4) is 0 Å². The van der Waals surface area contributed by atoms with Gasteiger partial charge in [-0.1, -0.05) is 15.9 Å². The van der Waals surface area contributed by atoms with Gasteiger partial charge in [0.2, 0.25) is 0 Å². The molecule has 1 aliphatic rings. The fraction of sp³-hybridized carbons (Fsp3) is 1.00. The lowest BCUT2D eigenvalue weighted by Gasteiger charge is -2.09. The molecule has 0 amide bonds. The van der Waals surface area contributed by atoms with Gasteiger partial charge in [0.25, 0.3) is 0 Å². The first kappa shape index (κ1) is 6.49. The van der Waals surface area contributed by atoms with Crippen molar-refractivity contribution in [2.75, 3.05) is 11.5 Å². The second-order valence-electron chi connectivity index (χ2n) is 1.98. The van der Waals surface area contributed by atoms with Gasteiger partial charge in [0.15, 0.2) is 0 Å². The first-order valence-corrected chi connectivity index (χ1v) is 5.73. The molecule has 1 heterocycles. The van der Waals surface area contributed by atoms with Gasteiger partial charge in [-0.2, -0.15) is 0 Å². The van der Waals surface area contributed by atoms with Gasteiger partial charge < -0.3 is 0 Å². The summed E-state index contributed by atoms with van der Waals surface area (Å²) in [5, 5.41) is 0. The molecule has 0 radical (unpaired) electrons. The lowest BCUT2D eigenvalue weighted by Crippen LogP contribution is -2.08. The van der Waals surface area contributed by atoms with E-state index < -0.39 is 0 Å². The molecule has 1 rings (SSSR count). The molecule has 1 saturated heterocycles. The third-order valence-electron chi connectivity index (χ3n) is 1.34. The molecule has 48 valence electrons. The van der Waals surface area contributed by atoms with Crippen molar-refractivity contribution < 1.29 is 4.21 Å². The summed E-state index contributed by atoms with van der Waals surface area (Å²) < 4.78 is 10.2. The highest BCUT2D eigenvalue weighted by atomic mass is 32.8. The molecule has 0 saturated carbocycles. The highest BCUT2D eigenvalue weighted by molar-refractivity contribution is 8.31. The van der Waals surface area contributed by atoms with E-state index in [1.54, 1.807) is 0 Å². The molecule has 0 unspecified atom stereocenters. The quantitative estimate of drug-likeness (QED) is 0.502. The van der Waals surface area contributed by atoms with E-state index in [0.717, 1.165) is 10.2 Å². The molecule has 0 aliphatic carbocycles. The number of hydrogen-bond acceptors (Lipinski definition) is 1. The Balaban J connectivity index is 2.45. The topological polar surface area (TPSA) is 17.1 Å². The lowest BCUT2D eigenvalue weighted by atomic mass is 10.3. The Labute approximate surface area is 55.1 Å². The van der Waals surface area contributed by atoms with Gasteiger partial charge >= 0.3 is 0 Å². The van der Waals surface area contributed by atoms with Crippen molar-refractivity contribution >= 4 is 19.7 Å². The summed E-state index contributed by atoms with van der Waals surface area (Å²) in [5.74, 6) is 2.38. The molecular weight excluding hydrogens is 140 g/mol. The smallest absolute Gasteiger partial charge is 0.120 e. The maximum Gasteiger partial charge on any atom is 0.120 e. The monoisotopic (exact) mass is 150 g/mol. The van der Waals surface area contributed by atoms with E-state index in [9.17, 15) is 4.21 Å². The van der Waals surface area contributed by atoms with Crippen molar-refractivity contribution in [1.82, 2.24) is 0 Å². The standard InChI is InChI=1S/C5H10OS2/c6-7-8-4-2-1-3-5-8/h1-5H2. The Bertz CT molecular complexity index is 118. The molecule has 1 nitrogen and oxygen atoms in total. The van der Waals surface area contributed by atoms with Crippen molar-refractivity contribution in [3.05, 3.63) is 0 Å². The summed E-state index contributed by atoms with van der Waals surface area (Å²) in [5.41, 5.74) is 0. The van der Waals surface area contributed by atoms with E-state index in [1.807, 2.05) is 0 Å². The Hall–Kier alpha value is 0.370. The predicted octanol–water partition coefficient (Wildman–Crippen LogP) is 0.917. The fourth-order valence-corrected chi connectivity index (χ4v) is 3.38. The van der Waals surface area contributed by atoms with Crippen LogP contribution in [0.5, 0.6) is 0 Å². The van der Waals surface area contributed by atoms with Gasteiger partial charge in [-0.15, -0.1) is 0 Å². The van der Waals surface area contributed by atoms with Crippen LogP contribution in [0.25, 0.3) is 0 Å². The molecule has 0 N–H and O–H groups in total. The largest absolute Gasteiger partial charge is 0.205 e. The number of hydrogen-bond donors (Lipinski definition) is 0. The predicted molar refractivity (Wildman–Crippen MR) is 39.1 cm³/mol. The maximum atomic E-state index is 10.2. The molecule has 0 aromatic heterocycles. The van der Waals surface area contributed by atoms with Crippen LogP contribution in [-0.2, 0) is 19.7 Å². The van der Waals surface area contributed by atoms with Crippen LogP contribution >= 0.6 is 0 Å². The van der Waals surface area contributed by atoms with E-state index >= 15 is 0 Å². The second kappa shape index (κ2) is 3.41. The third-order valence-corrected chi connectivity index (χ3v) is 4.60. The van der Waals surface area contributed by atoms with E-state index in [0.29, 0.717) is 0 Å². The minimum atomic E-state index is 0.209. The first-order valence-electron chi connectivity index (χ1n) is 2.91. The van der Waals surface area contributed by atoms with E-state index in [2.05, 4.69) is 0 Å². The van der Waals surface area contributed by atoms with Gasteiger partial charge in [-0.05, 0) is 12.8 Å². The molecule has 8 heavy (non-hydrogen) atoms. The second-order valence-corrected chi connectivity index (χ2v) is 5.63. The van der Waals surface area contributed by atoms with Gasteiger partial charge in [0.1, 0.15) is 10.2 Å². The number of rotatable bonds is 0. The Morgan fingerprint density at radius 1 is 1.12 bits per heavy atom. The van der Waals surface area contributed by atoms with E-state index in [1.165, 1.54) is 30.8 Å². The summed E-state index contributed by atoms with van der Waals surface area (Å²) in [7, 11) is 1.03. The normalized spacial score (nSPS) is 23.0. The van der Waals surface area contributed by atoms with Crippen molar-refractivity contribution in [3.8, 4) is 0 Å². The van der Waals surface area contributed by atoms with Crippen molar-refractivity contribution in [2.45, 2.75) is 19.3 Å².